The minimum atomic E-state index is -4.72. The second kappa shape index (κ2) is 8.89. The third-order valence-electron chi connectivity index (χ3n) is 3.74. The van der Waals surface area contributed by atoms with Crippen molar-refractivity contribution in [2.75, 3.05) is 0 Å². The molecular weight excluding hydrogens is 333 g/mol. The molecule has 7 heteroatoms. The Labute approximate surface area is 145 Å². The van der Waals surface area contributed by atoms with Crippen molar-refractivity contribution in [3.8, 4) is 17.2 Å². The van der Waals surface area contributed by atoms with Crippen molar-refractivity contribution in [1.82, 2.24) is 10.3 Å². The van der Waals surface area contributed by atoms with Crippen LogP contribution in [0.2, 0.25) is 0 Å². The van der Waals surface area contributed by atoms with Crippen LogP contribution in [0.3, 0.4) is 0 Å². The van der Waals surface area contributed by atoms with Crippen molar-refractivity contribution < 1.29 is 22.3 Å². The molecule has 1 heterocycles. The van der Waals surface area contributed by atoms with Crippen molar-refractivity contribution in [3.05, 3.63) is 36.2 Å². The first kappa shape index (κ1) is 19.3. The first-order valence-electron chi connectivity index (χ1n) is 8.41. The molecule has 0 radical (unpaired) electrons. The highest BCUT2D eigenvalue weighted by Crippen LogP contribution is 2.27. The van der Waals surface area contributed by atoms with Crippen LogP contribution in [0.25, 0.3) is 11.5 Å². The molecular formula is C18H23F3N2O2. The molecule has 0 aliphatic carbocycles. The molecule has 25 heavy (non-hydrogen) atoms. The van der Waals surface area contributed by atoms with Gasteiger partial charge in [0.15, 0.2) is 0 Å². The number of rotatable bonds is 9. The lowest BCUT2D eigenvalue weighted by Gasteiger charge is -2.11. The molecule has 0 amide bonds. The maximum atomic E-state index is 12.3. The van der Waals surface area contributed by atoms with E-state index in [9.17, 15) is 13.2 Å². The molecule has 1 atom stereocenters. The minimum Gasteiger partial charge on any atom is -0.444 e. The van der Waals surface area contributed by atoms with Gasteiger partial charge in [-0.2, -0.15) is 0 Å². The predicted octanol–water partition coefficient (Wildman–Crippen LogP) is 5.30. The van der Waals surface area contributed by atoms with Gasteiger partial charge in [0.2, 0.25) is 5.89 Å². The SMILES string of the molecule is CCCCCC(C)NCc1coc(-c2cccc(OC(F)(F)F)c2)n1. The fourth-order valence-corrected chi connectivity index (χ4v) is 2.43. The maximum Gasteiger partial charge on any atom is 0.573 e. The number of hydrogen-bond acceptors (Lipinski definition) is 4. The summed E-state index contributed by atoms with van der Waals surface area (Å²) in [5.41, 5.74) is 1.14. The Hall–Kier alpha value is -2.02. The summed E-state index contributed by atoms with van der Waals surface area (Å²) in [6.45, 7) is 4.84. The lowest BCUT2D eigenvalue weighted by molar-refractivity contribution is -0.274. The van der Waals surface area contributed by atoms with E-state index in [1.165, 1.54) is 43.7 Å². The number of ether oxygens (including phenoxy) is 1. The topological polar surface area (TPSA) is 47.3 Å². The van der Waals surface area contributed by atoms with Gasteiger partial charge in [-0.15, -0.1) is 13.2 Å². The van der Waals surface area contributed by atoms with Crippen molar-refractivity contribution >= 4 is 0 Å². The van der Waals surface area contributed by atoms with E-state index in [4.69, 9.17) is 4.42 Å². The summed E-state index contributed by atoms with van der Waals surface area (Å²) in [7, 11) is 0. The Balaban J connectivity index is 1.93. The van der Waals surface area contributed by atoms with Gasteiger partial charge in [-0.25, -0.2) is 4.98 Å². The van der Waals surface area contributed by atoms with Gasteiger partial charge >= 0.3 is 6.36 Å². The molecule has 0 bridgehead atoms. The zero-order chi connectivity index (χ0) is 18.3. The van der Waals surface area contributed by atoms with Crippen LogP contribution in [0.4, 0.5) is 13.2 Å². The zero-order valence-corrected chi connectivity index (χ0v) is 14.4. The van der Waals surface area contributed by atoms with Gasteiger partial charge in [-0.1, -0.05) is 32.3 Å². The van der Waals surface area contributed by atoms with E-state index in [0.717, 1.165) is 6.42 Å². The van der Waals surface area contributed by atoms with Crippen LogP contribution >= 0.6 is 0 Å². The molecule has 1 aromatic heterocycles. The molecule has 0 fully saturated rings. The number of halogens is 3. The van der Waals surface area contributed by atoms with Crippen LogP contribution in [0.1, 0.15) is 45.2 Å². The quantitative estimate of drug-likeness (QED) is 0.620. The van der Waals surface area contributed by atoms with Crippen molar-refractivity contribution in [2.45, 2.75) is 58.5 Å². The van der Waals surface area contributed by atoms with Crippen molar-refractivity contribution in [1.29, 1.82) is 0 Å². The molecule has 0 aliphatic heterocycles. The summed E-state index contributed by atoms with van der Waals surface area (Å²) in [6, 6.07) is 5.95. The lowest BCUT2D eigenvalue weighted by atomic mass is 10.1. The number of aromatic nitrogens is 1. The normalized spacial score (nSPS) is 13.0. The van der Waals surface area contributed by atoms with E-state index in [2.05, 4.69) is 28.9 Å². The number of unbranched alkanes of at least 4 members (excludes halogenated alkanes) is 2. The second-order valence-electron chi connectivity index (χ2n) is 6.00. The fraction of sp³-hybridized carbons (Fsp3) is 0.500. The second-order valence-corrected chi connectivity index (χ2v) is 6.00. The maximum absolute atomic E-state index is 12.3. The molecule has 0 aliphatic rings. The Morgan fingerprint density at radius 3 is 2.80 bits per heavy atom. The number of benzene rings is 1. The Kier molecular flexibility index (Phi) is 6.87. The molecule has 4 nitrogen and oxygen atoms in total. The van der Waals surface area contributed by atoms with Crippen molar-refractivity contribution in [2.24, 2.45) is 0 Å². The van der Waals surface area contributed by atoms with Gasteiger partial charge in [0.05, 0.1) is 5.69 Å². The average Bonchev–Trinajstić information content (AvgIpc) is 3.01. The first-order chi connectivity index (χ1) is 11.9. The van der Waals surface area contributed by atoms with Gasteiger partial charge in [-0.05, 0) is 31.5 Å². The summed E-state index contributed by atoms with van der Waals surface area (Å²) in [5, 5.41) is 3.37. The molecule has 2 aromatic rings. The van der Waals surface area contributed by atoms with Crippen molar-refractivity contribution in [3.63, 3.8) is 0 Å². The fourth-order valence-electron chi connectivity index (χ4n) is 2.43. The third-order valence-corrected chi connectivity index (χ3v) is 3.74. The highest BCUT2D eigenvalue weighted by Gasteiger charge is 2.31. The van der Waals surface area contributed by atoms with Crippen LogP contribution < -0.4 is 10.1 Å². The summed E-state index contributed by atoms with van der Waals surface area (Å²) in [4.78, 5) is 4.32. The number of nitrogens with one attached hydrogen (secondary N) is 1. The van der Waals surface area contributed by atoms with Crippen LogP contribution in [0, 0.1) is 0 Å². The molecule has 138 valence electrons. The van der Waals surface area contributed by atoms with Crippen LogP contribution in [-0.4, -0.2) is 17.4 Å². The molecule has 1 aromatic carbocycles. The van der Waals surface area contributed by atoms with Crippen LogP contribution in [0.5, 0.6) is 5.75 Å². The summed E-state index contributed by atoms with van der Waals surface area (Å²) < 4.78 is 46.2. The average molecular weight is 356 g/mol. The van der Waals surface area contributed by atoms with E-state index in [1.807, 2.05) is 0 Å². The first-order valence-corrected chi connectivity index (χ1v) is 8.41. The van der Waals surface area contributed by atoms with E-state index in [0.29, 0.717) is 23.8 Å². The summed E-state index contributed by atoms with van der Waals surface area (Å²) >= 11 is 0. The predicted molar refractivity (Wildman–Crippen MR) is 89.1 cm³/mol. The Morgan fingerprint density at radius 2 is 2.08 bits per heavy atom. The molecule has 0 saturated heterocycles. The van der Waals surface area contributed by atoms with Gasteiger partial charge in [-0.3, -0.25) is 0 Å². The zero-order valence-electron chi connectivity index (χ0n) is 14.4. The number of hydrogen-bond donors (Lipinski definition) is 1. The smallest absolute Gasteiger partial charge is 0.444 e. The lowest BCUT2D eigenvalue weighted by Crippen LogP contribution is -2.25. The van der Waals surface area contributed by atoms with E-state index >= 15 is 0 Å². The largest absolute Gasteiger partial charge is 0.573 e. The van der Waals surface area contributed by atoms with Gasteiger partial charge < -0.3 is 14.5 Å². The molecule has 1 unspecified atom stereocenters. The molecule has 2 rings (SSSR count). The highest BCUT2D eigenvalue weighted by atomic mass is 19.4. The highest BCUT2D eigenvalue weighted by molar-refractivity contribution is 5.56. The Morgan fingerprint density at radius 1 is 1.28 bits per heavy atom. The Bertz CT molecular complexity index is 656. The molecule has 1 N–H and O–H groups in total. The number of alkyl halides is 3. The van der Waals surface area contributed by atoms with Gasteiger partial charge in [0, 0.05) is 18.2 Å². The van der Waals surface area contributed by atoms with E-state index in [-0.39, 0.29) is 11.6 Å². The van der Waals surface area contributed by atoms with Gasteiger partial charge in [0.1, 0.15) is 12.0 Å². The van der Waals surface area contributed by atoms with Crippen LogP contribution in [0.15, 0.2) is 34.9 Å². The monoisotopic (exact) mass is 356 g/mol. The van der Waals surface area contributed by atoms with Crippen LogP contribution in [-0.2, 0) is 6.54 Å². The standard InChI is InChI=1S/C18H23F3N2O2/c1-3-4-5-7-13(2)22-11-15-12-24-17(23-15)14-8-6-9-16(10-14)25-18(19,20)21/h6,8-10,12-13,22H,3-5,7,11H2,1-2H3. The number of nitrogens with zero attached hydrogens (tertiary/aromatic N) is 1. The number of oxazole rings is 1. The van der Waals surface area contributed by atoms with E-state index < -0.39 is 6.36 Å². The third kappa shape index (κ3) is 6.78. The summed E-state index contributed by atoms with van der Waals surface area (Å²) in [5.74, 6) is -0.0320. The van der Waals surface area contributed by atoms with E-state index in [1.54, 1.807) is 6.07 Å². The summed E-state index contributed by atoms with van der Waals surface area (Å²) in [6.07, 6.45) is 1.47. The van der Waals surface area contributed by atoms with Gasteiger partial charge in [0.25, 0.3) is 0 Å². The minimum absolute atomic E-state index is 0.267. The molecule has 0 spiro atoms. The molecule has 0 saturated carbocycles.